The molecule has 1 fully saturated rings. The Balaban J connectivity index is 1.87. The number of hydrogen-bond donors (Lipinski definition) is 1. The van der Waals surface area contributed by atoms with Gasteiger partial charge in [0.1, 0.15) is 12.6 Å². The van der Waals surface area contributed by atoms with Crippen molar-refractivity contribution in [2.24, 2.45) is 0 Å². The second kappa shape index (κ2) is 5.01. The van der Waals surface area contributed by atoms with Crippen molar-refractivity contribution < 1.29 is 14.4 Å². The number of imide groups is 1. The monoisotopic (exact) mass is 292 g/mol. The third-order valence-electron chi connectivity index (χ3n) is 3.86. The molecule has 2 aliphatic rings. The molecular formula is C14H16N2O3S. The van der Waals surface area contributed by atoms with Crippen LogP contribution in [0, 0.1) is 0 Å². The zero-order chi connectivity index (χ0) is 14.3. The number of aryl methyl sites for hydroxylation is 2. The van der Waals surface area contributed by atoms with Gasteiger partial charge in [-0.05, 0) is 37.3 Å². The molecule has 3 amide bonds. The summed E-state index contributed by atoms with van der Waals surface area (Å²) in [5.74, 6) is -0.974. The maximum absolute atomic E-state index is 12.6. The molecule has 1 aliphatic heterocycles. The predicted molar refractivity (Wildman–Crippen MR) is 74.6 cm³/mol. The van der Waals surface area contributed by atoms with Crippen molar-refractivity contribution in [3.05, 3.63) is 21.4 Å². The van der Waals surface area contributed by atoms with Gasteiger partial charge >= 0.3 is 0 Å². The Morgan fingerprint density at radius 2 is 2.25 bits per heavy atom. The lowest BCUT2D eigenvalue weighted by Crippen LogP contribution is -2.59. The Kier molecular flexibility index (Phi) is 3.33. The Bertz CT molecular complexity index is 572. The van der Waals surface area contributed by atoms with Crippen molar-refractivity contribution in [1.29, 1.82) is 0 Å². The molecule has 1 unspecified atom stereocenters. The Morgan fingerprint density at radius 1 is 1.45 bits per heavy atom. The molecule has 1 atom stereocenters. The number of carbonyl (C=O) groups is 3. The number of piperazine rings is 1. The molecule has 1 saturated heterocycles. The lowest BCUT2D eigenvalue weighted by Gasteiger charge is -2.33. The number of thiophene rings is 1. The molecule has 6 heteroatoms. The number of nitrogens with one attached hydrogen (secondary N) is 1. The normalized spacial score (nSPS) is 21.9. The van der Waals surface area contributed by atoms with Gasteiger partial charge in [0.2, 0.25) is 11.8 Å². The molecule has 5 nitrogen and oxygen atoms in total. The largest absolute Gasteiger partial charge is 0.317 e. The number of nitrogens with zero attached hydrogens (tertiary/aromatic N) is 1. The van der Waals surface area contributed by atoms with Crippen molar-refractivity contribution in [2.75, 3.05) is 6.54 Å². The highest BCUT2D eigenvalue weighted by molar-refractivity contribution is 7.14. The first-order valence-electron chi connectivity index (χ1n) is 6.86. The van der Waals surface area contributed by atoms with Crippen molar-refractivity contribution in [2.45, 2.75) is 38.6 Å². The maximum atomic E-state index is 12.6. The van der Waals surface area contributed by atoms with Gasteiger partial charge in [0.15, 0.2) is 0 Å². The fraction of sp³-hybridized carbons (Fsp3) is 0.500. The van der Waals surface area contributed by atoms with E-state index in [-0.39, 0.29) is 18.4 Å². The minimum absolute atomic E-state index is 0.0361. The third-order valence-corrected chi connectivity index (χ3v) is 5.09. The van der Waals surface area contributed by atoms with Crippen LogP contribution in [0.1, 0.15) is 39.9 Å². The second-order valence-corrected chi connectivity index (χ2v) is 6.32. The summed E-state index contributed by atoms with van der Waals surface area (Å²) >= 11 is 1.50. The maximum Gasteiger partial charge on any atom is 0.265 e. The molecule has 0 bridgehead atoms. The van der Waals surface area contributed by atoms with Crippen LogP contribution in [0.5, 0.6) is 0 Å². The van der Waals surface area contributed by atoms with E-state index in [1.54, 1.807) is 0 Å². The zero-order valence-electron chi connectivity index (χ0n) is 11.3. The zero-order valence-corrected chi connectivity index (χ0v) is 12.1. The molecule has 0 spiro atoms. The fourth-order valence-corrected chi connectivity index (χ4v) is 4.07. The highest BCUT2D eigenvalue weighted by Gasteiger charge is 2.36. The van der Waals surface area contributed by atoms with E-state index in [1.807, 2.05) is 13.0 Å². The van der Waals surface area contributed by atoms with Crippen LogP contribution in [-0.4, -0.2) is 35.2 Å². The molecule has 20 heavy (non-hydrogen) atoms. The SMILES string of the molecule is CCC1C(=O)NC(=O)CN1C(=O)c1cc2c(s1)CCC2. The van der Waals surface area contributed by atoms with Crippen molar-refractivity contribution in [3.63, 3.8) is 0 Å². The van der Waals surface area contributed by atoms with Crippen LogP contribution in [0.25, 0.3) is 0 Å². The van der Waals surface area contributed by atoms with Crippen LogP contribution in [0.15, 0.2) is 6.07 Å². The van der Waals surface area contributed by atoms with E-state index in [1.165, 1.54) is 26.7 Å². The molecule has 0 radical (unpaired) electrons. The van der Waals surface area contributed by atoms with Gasteiger partial charge in [-0.2, -0.15) is 0 Å². The topological polar surface area (TPSA) is 66.5 Å². The van der Waals surface area contributed by atoms with E-state index in [2.05, 4.69) is 5.32 Å². The Hall–Kier alpha value is -1.69. The first-order chi connectivity index (χ1) is 9.60. The third kappa shape index (κ3) is 2.14. The summed E-state index contributed by atoms with van der Waals surface area (Å²) in [4.78, 5) is 39.2. The van der Waals surface area contributed by atoms with Gasteiger partial charge in [-0.3, -0.25) is 19.7 Å². The predicted octanol–water partition coefficient (Wildman–Crippen LogP) is 1.11. The molecule has 1 N–H and O–H groups in total. The van der Waals surface area contributed by atoms with Gasteiger partial charge in [0.25, 0.3) is 5.91 Å². The number of fused-ring (bicyclic) bond motifs is 1. The lowest BCUT2D eigenvalue weighted by molar-refractivity contribution is -0.138. The van der Waals surface area contributed by atoms with Gasteiger partial charge < -0.3 is 4.90 Å². The minimum Gasteiger partial charge on any atom is -0.317 e. The van der Waals surface area contributed by atoms with Crippen LogP contribution in [0.3, 0.4) is 0 Å². The molecule has 1 aromatic heterocycles. The van der Waals surface area contributed by atoms with Crippen molar-refractivity contribution in [3.8, 4) is 0 Å². The lowest BCUT2D eigenvalue weighted by atomic mass is 10.1. The summed E-state index contributed by atoms with van der Waals surface area (Å²) in [5.41, 5.74) is 1.25. The average Bonchev–Trinajstić information content (AvgIpc) is 2.97. The van der Waals surface area contributed by atoms with E-state index in [0.717, 1.165) is 19.3 Å². The average molecular weight is 292 g/mol. The van der Waals surface area contributed by atoms with Crippen molar-refractivity contribution >= 4 is 29.1 Å². The first kappa shape index (κ1) is 13.3. The Morgan fingerprint density at radius 3 is 2.95 bits per heavy atom. The molecule has 106 valence electrons. The minimum atomic E-state index is -0.544. The molecule has 3 rings (SSSR count). The molecule has 0 aromatic carbocycles. The molecule has 1 aromatic rings. The molecule has 2 heterocycles. The Labute approximate surface area is 121 Å². The molecular weight excluding hydrogens is 276 g/mol. The molecule has 0 saturated carbocycles. The number of hydrogen-bond acceptors (Lipinski definition) is 4. The van der Waals surface area contributed by atoms with Crippen molar-refractivity contribution in [1.82, 2.24) is 10.2 Å². The fourth-order valence-electron chi connectivity index (χ4n) is 2.86. The second-order valence-electron chi connectivity index (χ2n) is 5.18. The van der Waals surface area contributed by atoms with Crippen LogP contribution in [0.2, 0.25) is 0 Å². The number of amides is 3. The van der Waals surface area contributed by atoms with Gasteiger partial charge in [-0.1, -0.05) is 6.92 Å². The summed E-state index contributed by atoms with van der Waals surface area (Å²) in [6.07, 6.45) is 3.72. The van der Waals surface area contributed by atoms with Gasteiger partial charge in [0, 0.05) is 4.88 Å². The van der Waals surface area contributed by atoms with Gasteiger partial charge in [-0.25, -0.2) is 0 Å². The quantitative estimate of drug-likeness (QED) is 0.831. The van der Waals surface area contributed by atoms with Crippen LogP contribution in [-0.2, 0) is 22.4 Å². The summed E-state index contributed by atoms with van der Waals surface area (Å²) in [7, 11) is 0. The number of carbonyl (C=O) groups excluding carboxylic acids is 3. The molecule has 1 aliphatic carbocycles. The summed E-state index contributed by atoms with van der Waals surface area (Å²) in [5, 5.41) is 2.29. The van der Waals surface area contributed by atoms with E-state index in [4.69, 9.17) is 0 Å². The van der Waals surface area contributed by atoms with Crippen LogP contribution < -0.4 is 5.32 Å². The van der Waals surface area contributed by atoms with E-state index < -0.39 is 11.9 Å². The van der Waals surface area contributed by atoms with E-state index >= 15 is 0 Å². The van der Waals surface area contributed by atoms with Gasteiger partial charge in [0.05, 0.1) is 4.88 Å². The van der Waals surface area contributed by atoms with Gasteiger partial charge in [-0.15, -0.1) is 11.3 Å². The standard InChI is InChI=1S/C14H16N2O3S/c1-2-9-13(18)15-12(17)7-16(9)14(19)11-6-8-4-3-5-10(8)20-11/h6,9H,2-5,7H2,1H3,(H,15,17,18). The smallest absolute Gasteiger partial charge is 0.265 e. The summed E-state index contributed by atoms with van der Waals surface area (Å²) in [6, 6.07) is 1.39. The van der Waals surface area contributed by atoms with E-state index in [9.17, 15) is 14.4 Å². The van der Waals surface area contributed by atoms with Crippen LogP contribution in [0.4, 0.5) is 0 Å². The van der Waals surface area contributed by atoms with E-state index in [0.29, 0.717) is 11.3 Å². The highest BCUT2D eigenvalue weighted by Crippen LogP contribution is 2.31. The number of rotatable bonds is 2. The summed E-state index contributed by atoms with van der Waals surface area (Å²) < 4.78 is 0. The first-order valence-corrected chi connectivity index (χ1v) is 7.68. The highest BCUT2D eigenvalue weighted by atomic mass is 32.1. The van der Waals surface area contributed by atoms with Crippen LogP contribution >= 0.6 is 11.3 Å². The summed E-state index contributed by atoms with van der Waals surface area (Å²) in [6.45, 7) is 1.81.